The van der Waals surface area contributed by atoms with E-state index in [0.717, 1.165) is 29.4 Å². The summed E-state index contributed by atoms with van der Waals surface area (Å²) in [6.07, 6.45) is 3.08. The number of nitrogens with one attached hydrogen (secondary N) is 1. The Morgan fingerprint density at radius 1 is 1.71 bits per heavy atom. The van der Waals surface area contributed by atoms with Crippen LogP contribution in [0.1, 0.15) is 17.5 Å². The van der Waals surface area contributed by atoms with Crippen LogP contribution in [0.2, 0.25) is 0 Å². The van der Waals surface area contributed by atoms with Gasteiger partial charge in [-0.05, 0) is 42.4 Å². The Labute approximate surface area is 112 Å². The molecule has 0 saturated carbocycles. The summed E-state index contributed by atoms with van der Waals surface area (Å²) in [5, 5.41) is 3.39. The van der Waals surface area contributed by atoms with E-state index in [2.05, 4.69) is 10.3 Å². The van der Waals surface area contributed by atoms with Crippen molar-refractivity contribution in [2.24, 2.45) is 11.7 Å². The maximum atomic E-state index is 5.75. The van der Waals surface area contributed by atoms with Crippen molar-refractivity contribution in [3.8, 4) is 0 Å². The minimum Gasteiger partial charge on any atom is -0.389 e. The molecule has 0 spiro atoms. The summed E-state index contributed by atoms with van der Waals surface area (Å²) in [6.45, 7) is 2.96. The summed E-state index contributed by atoms with van der Waals surface area (Å²) in [5.74, 6) is 4.08. The number of aromatic nitrogens is 1. The first-order chi connectivity index (χ1) is 8.18. The number of hydrogen-bond donors (Lipinski definition) is 2. The van der Waals surface area contributed by atoms with Crippen molar-refractivity contribution < 1.29 is 0 Å². The maximum Gasteiger partial charge on any atom is 0.136 e. The minimum absolute atomic E-state index is 0.416. The normalized spacial score (nSPS) is 19.2. The molecule has 1 unspecified atom stereocenters. The Morgan fingerprint density at radius 2 is 2.53 bits per heavy atom. The Kier molecular flexibility index (Phi) is 4.23. The number of anilines is 1. The summed E-state index contributed by atoms with van der Waals surface area (Å²) in [7, 11) is 0. The second kappa shape index (κ2) is 5.69. The molecule has 1 aromatic rings. The van der Waals surface area contributed by atoms with Gasteiger partial charge in [0.15, 0.2) is 0 Å². The number of rotatable bonds is 4. The number of nitrogens with two attached hydrogens (primary N) is 1. The lowest BCUT2D eigenvalue weighted by atomic mass is 10.1. The van der Waals surface area contributed by atoms with E-state index in [9.17, 15) is 0 Å². The van der Waals surface area contributed by atoms with Gasteiger partial charge in [0.25, 0.3) is 0 Å². The summed E-state index contributed by atoms with van der Waals surface area (Å²) >= 11 is 7.10. The molecule has 0 aliphatic carbocycles. The third-order valence-corrected chi connectivity index (χ3v) is 4.42. The van der Waals surface area contributed by atoms with Gasteiger partial charge in [0, 0.05) is 12.7 Å². The molecule has 3 N–H and O–H groups in total. The van der Waals surface area contributed by atoms with Gasteiger partial charge in [0.2, 0.25) is 0 Å². The molecule has 92 valence electrons. The fraction of sp³-hybridized carbons (Fsp3) is 0.500. The van der Waals surface area contributed by atoms with Gasteiger partial charge in [-0.15, -0.1) is 0 Å². The van der Waals surface area contributed by atoms with E-state index in [-0.39, 0.29) is 0 Å². The van der Waals surface area contributed by atoms with Crippen molar-refractivity contribution in [2.45, 2.75) is 13.3 Å². The molecule has 1 aromatic heterocycles. The van der Waals surface area contributed by atoms with Crippen molar-refractivity contribution in [1.82, 2.24) is 4.98 Å². The Hall–Kier alpha value is -0.810. The molecule has 1 saturated heterocycles. The minimum atomic E-state index is 0.416. The Bertz CT molecular complexity index is 414. The van der Waals surface area contributed by atoms with E-state index in [4.69, 9.17) is 18.0 Å². The molecular formula is C12H17N3S2. The number of hydrogen-bond acceptors (Lipinski definition) is 4. The predicted octanol–water partition coefficient (Wildman–Crippen LogP) is 2.19. The highest BCUT2D eigenvalue weighted by Gasteiger charge is 2.16. The summed E-state index contributed by atoms with van der Waals surface area (Å²) in [5.41, 5.74) is 7.71. The lowest BCUT2D eigenvalue weighted by Crippen LogP contribution is -2.19. The van der Waals surface area contributed by atoms with Crippen molar-refractivity contribution in [3.63, 3.8) is 0 Å². The zero-order valence-corrected chi connectivity index (χ0v) is 11.5. The molecule has 5 heteroatoms. The maximum absolute atomic E-state index is 5.75. The molecule has 0 amide bonds. The van der Waals surface area contributed by atoms with Gasteiger partial charge in [-0.1, -0.05) is 12.2 Å². The number of pyridine rings is 1. The van der Waals surface area contributed by atoms with Crippen molar-refractivity contribution in [3.05, 3.63) is 23.4 Å². The number of nitrogens with zero attached hydrogens (tertiary/aromatic N) is 1. The summed E-state index contributed by atoms with van der Waals surface area (Å²) in [4.78, 5) is 4.75. The van der Waals surface area contributed by atoms with E-state index in [1.54, 1.807) is 6.20 Å². The van der Waals surface area contributed by atoms with Crippen LogP contribution in [0.3, 0.4) is 0 Å². The molecule has 0 bridgehead atoms. The molecule has 1 aliphatic rings. The molecule has 2 heterocycles. The van der Waals surface area contributed by atoms with Crippen molar-refractivity contribution in [2.75, 3.05) is 23.4 Å². The highest BCUT2D eigenvalue weighted by molar-refractivity contribution is 7.99. The zero-order chi connectivity index (χ0) is 12.3. The number of thioether (sulfide) groups is 1. The lowest BCUT2D eigenvalue weighted by molar-refractivity contribution is 0.630. The van der Waals surface area contributed by atoms with E-state index in [0.29, 0.717) is 4.99 Å². The van der Waals surface area contributed by atoms with Crippen LogP contribution in [0.4, 0.5) is 5.82 Å². The van der Waals surface area contributed by atoms with Crippen LogP contribution in [0.15, 0.2) is 12.3 Å². The Balaban J connectivity index is 2.09. The molecule has 3 nitrogen and oxygen atoms in total. The van der Waals surface area contributed by atoms with Crippen LogP contribution in [0.25, 0.3) is 0 Å². The van der Waals surface area contributed by atoms with Crippen LogP contribution in [0, 0.1) is 12.8 Å². The van der Waals surface area contributed by atoms with E-state index in [1.807, 2.05) is 24.8 Å². The molecule has 1 atom stereocenters. The highest BCUT2D eigenvalue weighted by Crippen LogP contribution is 2.24. The van der Waals surface area contributed by atoms with E-state index >= 15 is 0 Å². The van der Waals surface area contributed by atoms with Gasteiger partial charge in [-0.25, -0.2) is 4.98 Å². The molecule has 2 rings (SSSR count). The first kappa shape index (κ1) is 12.6. The van der Waals surface area contributed by atoms with Crippen LogP contribution in [0.5, 0.6) is 0 Å². The molecule has 0 aromatic carbocycles. The standard InChI is InChI=1S/C12H17N3S2/c1-8-2-4-14-12(10(8)11(13)16)15-6-9-3-5-17-7-9/h2,4,9H,3,5-7H2,1H3,(H2,13,16)(H,14,15). The lowest BCUT2D eigenvalue weighted by Gasteiger charge is -2.14. The monoisotopic (exact) mass is 267 g/mol. The predicted molar refractivity (Wildman–Crippen MR) is 78.8 cm³/mol. The average Bonchev–Trinajstić information content (AvgIpc) is 2.78. The number of aryl methyl sites for hydroxylation is 1. The Morgan fingerprint density at radius 3 is 3.18 bits per heavy atom. The zero-order valence-electron chi connectivity index (χ0n) is 9.90. The van der Waals surface area contributed by atoms with Crippen LogP contribution >= 0.6 is 24.0 Å². The van der Waals surface area contributed by atoms with Gasteiger partial charge < -0.3 is 11.1 Å². The van der Waals surface area contributed by atoms with Crippen molar-refractivity contribution in [1.29, 1.82) is 0 Å². The molecule has 1 fully saturated rings. The fourth-order valence-electron chi connectivity index (χ4n) is 1.99. The van der Waals surface area contributed by atoms with Crippen LogP contribution in [-0.4, -0.2) is 28.0 Å². The molecule has 1 aliphatic heterocycles. The number of thiocarbonyl (C=S) groups is 1. The van der Waals surface area contributed by atoms with Crippen LogP contribution in [-0.2, 0) is 0 Å². The van der Waals surface area contributed by atoms with E-state index in [1.165, 1.54) is 17.9 Å². The van der Waals surface area contributed by atoms with E-state index < -0.39 is 0 Å². The van der Waals surface area contributed by atoms with Crippen molar-refractivity contribution >= 4 is 34.8 Å². The SMILES string of the molecule is Cc1ccnc(NCC2CCSC2)c1C(N)=S. The van der Waals surface area contributed by atoms with Gasteiger partial charge in [-0.2, -0.15) is 11.8 Å². The van der Waals surface area contributed by atoms with Gasteiger partial charge in [-0.3, -0.25) is 0 Å². The van der Waals surface area contributed by atoms with Gasteiger partial charge >= 0.3 is 0 Å². The second-order valence-corrected chi connectivity index (χ2v) is 5.92. The quantitative estimate of drug-likeness (QED) is 0.819. The summed E-state index contributed by atoms with van der Waals surface area (Å²) < 4.78 is 0. The first-order valence-electron chi connectivity index (χ1n) is 5.75. The molecule has 0 radical (unpaired) electrons. The van der Waals surface area contributed by atoms with Gasteiger partial charge in [0.1, 0.15) is 10.8 Å². The van der Waals surface area contributed by atoms with Crippen LogP contribution < -0.4 is 11.1 Å². The fourth-order valence-corrected chi connectivity index (χ4v) is 3.53. The average molecular weight is 267 g/mol. The summed E-state index contributed by atoms with van der Waals surface area (Å²) in [6, 6.07) is 1.94. The topological polar surface area (TPSA) is 50.9 Å². The largest absolute Gasteiger partial charge is 0.389 e. The van der Waals surface area contributed by atoms with Gasteiger partial charge in [0.05, 0.1) is 5.56 Å². The third-order valence-electron chi connectivity index (χ3n) is 2.99. The molecular weight excluding hydrogens is 250 g/mol. The highest BCUT2D eigenvalue weighted by atomic mass is 32.2. The second-order valence-electron chi connectivity index (χ2n) is 4.33. The first-order valence-corrected chi connectivity index (χ1v) is 7.32. The third kappa shape index (κ3) is 3.10. The molecule has 17 heavy (non-hydrogen) atoms. The smallest absolute Gasteiger partial charge is 0.136 e.